The topological polar surface area (TPSA) is 55.9 Å². The molecule has 2 heterocycles. The molecule has 2 fully saturated rings. The van der Waals surface area contributed by atoms with Crippen LogP contribution in [-0.4, -0.2) is 72.5 Å². The van der Waals surface area contributed by atoms with Crippen molar-refractivity contribution >= 4 is 11.9 Å². The zero-order valence-electron chi connectivity index (χ0n) is 17.1. The molecule has 2 saturated heterocycles. The average Bonchev–Trinajstić information content (AvgIpc) is 3.02. The van der Waals surface area contributed by atoms with Gasteiger partial charge in [0, 0.05) is 45.8 Å². The van der Waals surface area contributed by atoms with Crippen molar-refractivity contribution in [1.82, 2.24) is 20.0 Å². The van der Waals surface area contributed by atoms with E-state index in [1.807, 2.05) is 4.90 Å². The number of hydrogen-bond acceptors (Lipinski definition) is 3. The Balaban J connectivity index is 1.39. The zero-order valence-corrected chi connectivity index (χ0v) is 17.1. The SMILES string of the molecule is O=C(CN1CCN(C(=O)NCc2ccc(C(F)(F)F)cc2)CC1)N1CCCCCC1. The summed E-state index contributed by atoms with van der Waals surface area (Å²) in [5.41, 5.74) is -0.0959. The quantitative estimate of drug-likeness (QED) is 0.806. The molecular formula is C21H29F3N4O2. The van der Waals surface area contributed by atoms with E-state index in [4.69, 9.17) is 0 Å². The van der Waals surface area contributed by atoms with Gasteiger partial charge in [0.25, 0.3) is 0 Å². The molecule has 0 radical (unpaired) electrons. The second-order valence-electron chi connectivity index (χ2n) is 7.91. The number of piperazine rings is 1. The minimum Gasteiger partial charge on any atom is -0.342 e. The number of carbonyl (C=O) groups is 2. The van der Waals surface area contributed by atoms with Gasteiger partial charge in [-0.15, -0.1) is 0 Å². The number of hydrogen-bond donors (Lipinski definition) is 1. The number of amides is 3. The minimum absolute atomic E-state index is 0.164. The molecule has 166 valence electrons. The van der Waals surface area contributed by atoms with Gasteiger partial charge in [-0.25, -0.2) is 4.79 Å². The van der Waals surface area contributed by atoms with Gasteiger partial charge in [0.2, 0.25) is 5.91 Å². The molecule has 6 nitrogen and oxygen atoms in total. The highest BCUT2D eigenvalue weighted by Gasteiger charge is 2.30. The zero-order chi connectivity index (χ0) is 21.6. The van der Waals surface area contributed by atoms with Crippen molar-refractivity contribution in [2.45, 2.75) is 38.4 Å². The number of benzene rings is 1. The number of alkyl halides is 3. The molecule has 1 N–H and O–H groups in total. The summed E-state index contributed by atoms with van der Waals surface area (Å²) in [5.74, 6) is 0.164. The highest BCUT2D eigenvalue weighted by atomic mass is 19.4. The van der Waals surface area contributed by atoms with Gasteiger partial charge in [-0.05, 0) is 30.5 Å². The number of carbonyl (C=O) groups excluding carboxylic acids is 2. The van der Waals surface area contributed by atoms with Gasteiger partial charge in [0.05, 0.1) is 12.1 Å². The van der Waals surface area contributed by atoms with Crippen LogP contribution in [0.5, 0.6) is 0 Å². The summed E-state index contributed by atoms with van der Waals surface area (Å²) < 4.78 is 37.8. The third kappa shape index (κ3) is 6.35. The number of likely N-dealkylation sites (tertiary alicyclic amines) is 1. The van der Waals surface area contributed by atoms with Crippen molar-refractivity contribution in [1.29, 1.82) is 0 Å². The Morgan fingerprint density at radius 3 is 2.00 bits per heavy atom. The molecule has 3 amide bonds. The summed E-state index contributed by atoms with van der Waals surface area (Å²) in [4.78, 5) is 30.6. The molecule has 0 saturated carbocycles. The first-order chi connectivity index (χ1) is 14.3. The van der Waals surface area contributed by atoms with Crippen LogP contribution in [-0.2, 0) is 17.5 Å². The fourth-order valence-corrected chi connectivity index (χ4v) is 3.82. The molecule has 3 rings (SSSR count). The summed E-state index contributed by atoms with van der Waals surface area (Å²) >= 11 is 0. The van der Waals surface area contributed by atoms with Crippen molar-refractivity contribution in [3.8, 4) is 0 Å². The van der Waals surface area contributed by atoms with Crippen LogP contribution in [0.1, 0.15) is 36.8 Å². The van der Waals surface area contributed by atoms with Gasteiger partial charge in [-0.1, -0.05) is 25.0 Å². The van der Waals surface area contributed by atoms with Crippen LogP contribution < -0.4 is 5.32 Å². The summed E-state index contributed by atoms with van der Waals surface area (Å²) in [5, 5.41) is 2.75. The predicted molar refractivity (Wildman–Crippen MR) is 107 cm³/mol. The lowest BCUT2D eigenvalue weighted by atomic mass is 10.1. The highest BCUT2D eigenvalue weighted by molar-refractivity contribution is 5.78. The molecule has 0 bridgehead atoms. The van der Waals surface area contributed by atoms with E-state index in [0.29, 0.717) is 38.3 Å². The second kappa shape index (κ2) is 10.1. The van der Waals surface area contributed by atoms with Crippen molar-refractivity contribution in [2.24, 2.45) is 0 Å². The molecule has 0 atom stereocenters. The molecule has 2 aliphatic heterocycles. The monoisotopic (exact) mass is 426 g/mol. The van der Waals surface area contributed by atoms with Gasteiger partial charge in [0.1, 0.15) is 0 Å². The average molecular weight is 426 g/mol. The largest absolute Gasteiger partial charge is 0.416 e. The van der Waals surface area contributed by atoms with E-state index in [1.54, 1.807) is 4.90 Å². The van der Waals surface area contributed by atoms with Crippen LogP contribution in [0.25, 0.3) is 0 Å². The van der Waals surface area contributed by atoms with Crippen LogP contribution >= 0.6 is 0 Å². The number of nitrogens with zero attached hydrogens (tertiary/aromatic N) is 3. The first-order valence-electron chi connectivity index (χ1n) is 10.5. The fraction of sp³-hybridized carbons (Fsp3) is 0.619. The number of halogens is 3. The fourth-order valence-electron chi connectivity index (χ4n) is 3.82. The van der Waals surface area contributed by atoms with E-state index in [2.05, 4.69) is 10.2 Å². The van der Waals surface area contributed by atoms with Gasteiger partial charge in [-0.3, -0.25) is 9.69 Å². The molecule has 1 aromatic carbocycles. The van der Waals surface area contributed by atoms with E-state index < -0.39 is 11.7 Å². The molecule has 9 heteroatoms. The molecule has 0 aromatic heterocycles. The highest BCUT2D eigenvalue weighted by Crippen LogP contribution is 2.29. The number of nitrogens with one attached hydrogen (secondary N) is 1. The van der Waals surface area contributed by atoms with Gasteiger partial charge in [0.15, 0.2) is 0 Å². The minimum atomic E-state index is -4.37. The molecule has 0 aliphatic carbocycles. The molecular weight excluding hydrogens is 397 g/mol. The van der Waals surface area contributed by atoms with Crippen LogP contribution in [0, 0.1) is 0 Å². The first kappa shape index (κ1) is 22.4. The van der Waals surface area contributed by atoms with Crippen LogP contribution in [0.2, 0.25) is 0 Å². The van der Waals surface area contributed by atoms with Gasteiger partial charge in [-0.2, -0.15) is 13.2 Å². The van der Waals surface area contributed by atoms with E-state index in [0.717, 1.165) is 38.1 Å². The lowest BCUT2D eigenvalue weighted by molar-refractivity contribution is -0.137. The summed E-state index contributed by atoms with van der Waals surface area (Å²) in [6.45, 7) is 4.54. The van der Waals surface area contributed by atoms with Crippen molar-refractivity contribution < 1.29 is 22.8 Å². The van der Waals surface area contributed by atoms with Crippen LogP contribution in [0.15, 0.2) is 24.3 Å². The Kier molecular flexibility index (Phi) is 7.58. The Morgan fingerprint density at radius 1 is 0.833 bits per heavy atom. The van der Waals surface area contributed by atoms with E-state index in [-0.39, 0.29) is 18.5 Å². The number of rotatable bonds is 4. The molecule has 0 spiro atoms. The Bertz CT molecular complexity index is 708. The lowest BCUT2D eigenvalue weighted by Crippen LogP contribution is -2.53. The summed E-state index contributed by atoms with van der Waals surface area (Å²) in [7, 11) is 0. The molecule has 2 aliphatic rings. The van der Waals surface area contributed by atoms with Crippen molar-refractivity contribution in [3.63, 3.8) is 0 Å². The summed E-state index contributed by atoms with van der Waals surface area (Å²) in [6, 6.07) is 4.53. The maximum Gasteiger partial charge on any atom is 0.416 e. The first-order valence-corrected chi connectivity index (χ1v) is 10.5. The van der Waals surface area contributed by atoms with Crippen LogP contribution in [0.4, 0.5) is 18.0 Å². The second-order valence-corrected chi connectivity index (χ2v) is 7.91. The van der Waals surface area contributed by atoms with Gasteiger partial charge < -0.3 is 15.1 Å². The smallest absolute Gasteiger partial charge is 0.342 e. The normalized spacial score (nSPS) is 18.8. The van der Waals surface area contributed by atoms with E-state index in [9.17, 15) is 22.8 Å². The Morgan fingerprint density at radius 2 is 1.43 bits per heavy atom. The van der Waals surface area contributed by atoms with Crippen molar-refractivity contribution in [2.75, 3.05) is 45.8 Å². The third-order valence-electron chi connectivity index (χ3n) is 5.70. The van der Waals surface area contributed by atoms with Crippen LogP contribution in [0.3, 0.4) is 0 Å². The number of urea groups is 1. The Hall–Kier alpha value is -2.29. The van der Waals surface area contributed by atoms with Crippen molar-refractivity contribution in [3.05, 3.63) is 35.4 Å². The van der Waals surface area contributed by atoms with E-state index >= 15 is 0 Å². The standard InChI is InChI=1S/C21H29F3N4O2/c22-21(23,24)18-7-5-17(6-8-18)15-25-20(30)28-13-11-26(12-14-28)16-19(29)27-9-3-1-2-4-10-27/h5-8H,1-4,9-16H2,(H,25,30). The maximum atomic E-state index is 12.6. The lowest BCUT2D eigenvalue weighted by Gasteiger charge is -2.35. The maximum absolute atomic E-state index is 12.6. The summed E-state index contributed by atoms with van der Waals surface area (Å²) in [6.07, 6.45) is 0.140. The Labute approximate surface area is 175 Å². The van der Waals surface area contributed by atoms with Gasteiger partial charge >= 0.3 is 12.2 Å². The molecule has 0 unspecified atom stereocenters. The predicted octanol–water partition coefficient (Wildman–Crippen LogP) is 2.94. The third-order valence-corrected chi connectivity index (χ3v) is 5.70. The van der Waals surface area contributed by atoms with E-state index in [1.165, 1.54) is 25.0 Å². The molecule has 1 aromatic rings. The molecule has 30 heavy (non-hydrogen) atoms.